The second kappa shape index (κ2) is 7.31. The average molecular weight is 366 g/mol. The third-order valence-corrected chi connectivity index (χ3v) is 4.80. The number of rotatable bonds is 3. The maximum absolute atomic E-state index is 12.7. The molecule has 2 saturated heterocycles. The highest BCUT2D eigenvalue weighted by atomic mass is 35.5. The van der Waals surface area contributed by atoms with Crippen molar-refractivity contribution in [3.63, 3.8) is 0 Å². The normalized spacial score (nSPS) is 20.4. The second-order valence-electron chi connectivity index (χ2n) is 6.12. The van der Waals surface area contributed by atoms with Crippen LogP contribution in [-0.4, -0.2) is 66.9 Å². The summed E-state index contributed by atoms with van der Waals surface area (Å²) >= 11 is 5.99. The predicted octanol–water partition coefficient (Wildman–Crippen LogP) is 0.912. The Labute approximate surface area is 150 Å². The van der Waals surface area contributed by atoms with Crippen LogP contribution in [0.15, 0.2) is 18.2 Å². The Morgan fingerprint density at radius 3 is 2.48 bits per heavy atom. The fraction of sp³-hybridized carbons (Fsp3) is 0.471. The van der Waals surface area contributed by atoms with Gasteiger partial charge in [0.15, 0.2) is 0 Å². The maximum atomic E-state index is 12.7. The van der Waals surface area contributed by atoms with E-state index in [-0.39, 0.29) is 17.7 Å². The molecule has 0 spiro atoms. The quantitative estimate of drug-likeness (QED) is 0.863. The zero-order valence-corrected chi connectivity index (χ0v) is 14.7. The van der Waals surface area contributed by atoms with Crippen molar-refractivity contribution < 1.29 is 19.1 Å². The third kappa shape index (κ3) is 3.71. The number of hydrogen-bond donors (Lipinski definition) is 1. The molecule has 0 saturated carbocycles. The van der Waals surface area contributed by atoms with Gasteiger partial charge in [-0.2, -0.15) is 0 Å². The van der Waals surface area contributed by atoms with Gasteiger partial charge in [-0.3, -0.25) is 14.4 Å². The van der Waals surface area contributed by atoms with Crippen molar-refractivity contribution in [1.82, 2.24) is 15.1 Å². The van der Waals surface area contributed by atoms with E-state index in [1.54, 1.807) is 28.0 Å². The molecule has 3 amide bonds. The first-order valence-corrected chi connectivity index (χ1v) is 8.58. The molecule has 2 aliphatic heterocycles. The number of benzene rings is 1. The van der Waals surface area contributed by atoms with Crippen LogP contribution in [0.2, 0.25) is 5.02 Å². The standard InChI is InChI=1S/C17H20ClN3O4/c1-25-14-4-2-11(18)10-12(14)16(23)20-6-8-21(9-7-20)17(24)13-3-5-15(22)19-13/h2,4,10,13H,3,5-9H2,1H3,(H,19,22). The van der Waals surface area contributed by atoms with E-state index in [4.69, 9.17) is 16.3 Å². The summed E-state index contributed by atoms with van der Waals surface area (Å²) in [4.78, 5) is 39.8. The highest BCUT2D eigenvalue weighted by molar-refractivity contribution is 6.31. The molecule has 3 rings (SSSR count). The first-order valence-electron chi connectivity index (χ1n) is 8.20. The lowest BCUT2D eigenvalue weighted by Gasteiger charge is -2.36. The minimum absolute atomic E-state index is 0.0710. The number of halogens is 1. The zero-order valence-electron chi connectivity index (χ0n) is 14.0. The molecule has 2 fully saturated rings. The van der Waals surface area contributed by atoms with Crippen LogP contribution in [0.1, 0.15) is 23.2 Å². The number of nitrogens with one attached hydrogen (secondary N) is 1. The summed E-state index contributed by atoms with van der Waals surface area (Å²) in [5.74, 6) is 0.153. The lowest BCUT2D eigenvalue weighted by Crippen LogP contribution is -2.54. The van der Waals surface area contributed by atoms with Crippen LogP contribution < -0.4 is 10.1 Å². The van der Waals surface area contributed by atoms with Crippen LogP contribution in [0.3, 0.4) is 0 Å². The van der Waals surface area contributed by atoms with Gasteiger partial charge in [0, 0.05) is 37.6 Å². The molecule has 0 bridgehead atoms. The van der Waals surface area contributed by atoms with Crippen LogP contribution >= 0.6 is 11.6 Å². The van der Waals surface area contributed by atoms with Crippen LogP contribution in [0, 0.1) is 0 Å². The van der Waals surface area contributed by atoms with Gasteiger partial charge in [-0.15, -0.1) is 0 Å². The van der Waals surface area contributed by atoms with E-state index in [1.807, 2.05) is 0 Å². The minimum Gasteiger partial charge on any atom is -0.496 e. The topological polar surface area (TPSA) is 79.0 Å². The number of hydrogen-bond acceptors (Lipinski definition) is 4. The summed E-state index contributed by atoms with van der Waals surface area (Å²) in [6.45, 7) is 1.75. The van der Waals surface area contributed by atoms with Crippen molar-refractivity contribution >= 4 is 29.3 Å². The van der Waals surface area contributed by atoms with E-state index in [0.29, 0.717) is 55.4 Å². The van der Waals surface area contributed by atoms with Gasteiger partial charge >= 0.3 is 0 Å². The molecule has 0 aliphatic carbocycles. The smallest absolute Gasteiger partial charge is 0.257 e. The van der Waals surface area contributed by atoms with Gasteiger partial charge in [0.05, 0.1) is 12.7 Å². The molecule has 7 nitrogen and oxygen atoms in total. The Kier molecular flexibility index (Phi) is 5.13. The van der Waals surface area contributed by atoms with Gasteiger partial charge < -0.3 is 19.9 Å². The Morgan fingerprint density at radius 2 is 1.88 bits per heavy atom. The van der Waals surface area contributed by atoms with Crippen molar-refractivity contribution in [2.24, 2.45) is 0 Å². The van der Waals surface area contributed by atoms with Crippen LogP contribution in [-0.2, 0) is 9.59 Å². The molecule has 8 heteroatoms. The zero-order chi connectivity index (χ0) is 18.0. The number of amides is 3. The molecule has 0 aromatic heterocycles. The number of nitrogens with zero attached hydrogens (tertiary/aromatic N) is 2. The van der Waals surface area contributed by atoms with Gasteiger partial charge in [-0.05, 0) is 24.6 Å². The fourth-order valence-corrected chi connectivity index (χ4v) is 3.34. The van der Waals surface area contributed by atoms with E-state index in [9.17, 15) is 14.4 Å². The third-order valence-electron chi connectivity index (χ3n) is 4.56. The Balaban J connectivity index is 1.62. The van der Waals surface area contributed by atoms with Crippen molar-refractivity contribution in [2.75, 3.05) is 33.3 Å². The maximum Gasteiger partial charge on any atom is 0.257 e. The van der Waals surface area contributed by atoms with Gasteiger partial charge in [-0.25, -0.2) is 0 Å². The number of piperazine rings is 1. The van der Waals surface area contributed by atoms with Crippen LogP contribution in [0.25, 0.3) is 0 Å². The van der Waals surface area contributed by atoms with E-state index in [1.165, 1.54) is 7.11 Å². The van der Waals surface area contributed by atoms with Crippen molar-refractivity contribution in [2.45, 2.75) is 18.9 Å². The molecular weight excluding hydrogens is 346 g/mol. The van der Waals surface area contributed by atoms with E-state index >= 15 is 0 Å². The summed E-state index contributed by atoms with van der Waals surface area (Å²) in [6.07, 6.45) is 0.930. The summed E-state index contributed by atoms with van der Waals surface area (Å²) < 4.78 is 5.24. The monoisotopic (exact) mass is 365 g/mol. The van der Waals surface area contributed by atoms with Crippen molar-refractivity contribution in [3.8, 4) is 5.75 Å². The molecule has 2 heterocycles. The SMILES string of the molecule is COc1ccc(Cl)cc1C(=O)N1CCN(C(=O)C2CCC(=O)N2)CC1. The van der Waals surface area contributed by atoms with E-state index < -0.39 is 6.04 Å². The summed E-state index contributed by atoms with van der Waals surface area (Å²) in [5, 5.41) is 3.16. The molecule has 1 aromatic carbocycles. The summed E-state index contributed by atoms with van der Waals surface area (Å²) in [6, 6.07) is 4.50. The molecule has 1 aromatic rings. The molecule has 1 N–H and O–H groups in total. The Hall–Kier alpha value is -2.28. The highest BCUT2D eigenvalue weighted by Crippen LogP contribution is 2.24. The van der Waals surface area contributed by atoms with Gasteiger partial charge in [-0.1, -0.05) is 11.6 Å². The number of carbonyl (C=O) groups is 3. The first-order chi connectivity index (χ1) is 12.0. The summed E-state index contributed by atoms with van der Waals surface area (Å²) in [7, 11) is 1.51. The molecule has 1 unspecified atom stereocenters. The molecule has 2 aliphatic rings. The molecule has 1 atom stereocenters. The lowest BCUT2D eigenvalue weighted by atomic mass is 10.1. The Morgan fingerprint density at radius 1 is 1.20 bits per heavy atom. The van der Waals surface area contributed by atoms with Gasteiger partial charge in [0.1, 0.15) is 11.8 Å². The average Bonchev–Trinajstić information content (AvgIpc) is 3.07. The van der Waals surface area contributed by atoms with E-state index in [2.05, 4.69) is 5.32 Å². The molecule has 134 valence electrons. The Bertz CT molecular complexity index is 701. The van der Waals surface area contributed by atoms with Crippen molar-refractivity contribution in [3.05, 3.63) is 28.8 Å². The highest BCUT2D eigenvalue weighted by Gasteiger charge is 2.33. The van der Waals surface area contributed by atoms with Crippen molar-refractivity contribution in [1.29, 1.82) is 0 Å². The second-order valence-corrected chi connectivity index (χ2v) is 6.56. The summed E-state index contributed by atoms with van der Waals surface area (Å²) in [5.41, 5.74) is 0.415. The first kappa shape index (κ1) is 17.5. The molecular formula is C17H20ClN3O4. The number of methoxy groups -OCH3 is 1. The van der Waals surface area contributed by atoms with Gasteiger partial charge in [0.2, 0.25) is 11.8 Å². The molecule has 0 radical (unpaired) electrons. The molecule has 25 heavy (non-hydrogen) atoms. The number of carbonyl (C=O) groups excluding carboxylic acids is 3. The van der Waals surface area contributed by atoms with Gasteiger partial charge in [0.25, 0.3) is 5.91 Å². The lowest BCUT2D eigenvalue weighted by molar-refractivity contribution is -0.135. The predicted molar refractivity (Wildman–Crippen MR) is 91.7 cm³/mol. The largest absolute Gasteiger partial charge is 0.496 e. The van der Waals surface area contributed by atoms with Crippen LogP contribution in [0.4, 0.5) is 0 Å². The van der Waals surface area contributed by atoms with E-state index in [0.717, 1.165) is 0 Å². The van der Waals surface area contributed by atoms with Crippen LogP contribution in [0.5, 0.6) is 5.75 Å². The minimum atomic E-state index is -0.428. The fourth-order valence-electron chi connectivity index (χ4n) is 3.17. The number of ether oxygens (including phenoxy) is 1.